The number of hydrogen-bond donors (Lipinski definition) is 1. The van der Waals surface area contributed by atoms with Crippen LogP contribution in [0.2, 0.25) is 0 Å². The molecule has 1 aliphatic heterocycles. The first-order valence-electron chi connectivity index (χ1n) is 5.50. The Morgan fingerprint density at radius 1 is 1.33 bits per heavy atom. The minimum Gasteiger partial charge on any atom is -0.374 e. The molecule has 2 N–H and O–H groups in total. The van der Waals surface area contributed by atoms with Crippen molar-refractivity contribution in [1.82, 2.24) is 15.1 Å². The number of nitrogens with zero attached hydrogens (tertiary/aromatic N) is 3. The minimum absolute atomic E-state index is 0.572. The Kier molecular flexibility index (Phi) is 3.21. The quantitative estimate of drug-likeness (QED) is 0.836. The number of aromatic nitrogens is 2. The van der Waals surface area contributed by atoms with Crippen molar-refractivity contribution in [2.45, 2.75) is 51.7 Å². The highest BCUT2D eigenvalue weighted by Crippen LogP contribution is 2.25. The summed E-state index contributed by atoms with van der Waals surface area (Å²) >= 11 is 1.50. The predicted octanol–water partition coefficient (Wildman–Crippen LogP) is 1.88. The number of nitrogens with two attached hydrogens (primary N) is 1. The summed E-state index contributed by atoms with van der Waals surface area (Å²) in [5.74, 6) is 0. The zero-order valence-corrected chi connectivity index (χ0v) is 10.1. The molecule has 1 aliphatic rings. The summed E-state index contributed by atoms with van der Waals surface area (Å²) in [6, 6.07) is 1.30. The van der Waals surface area contributed by atoms with Crippen LogP contribution in [0.5, 0.6) is 0 Å². The van der Waals surface area contributed by atoms with Crippen molar-refractivity contribution in [2.24, 2.45) is 0 Å². The van der Waals surface area contributed by atoms with Crippen molar-refractivity contribution in [3.63, 3.8) is 0 Å². The first-order chi connectivity index (χ1) is 7.16. The van der Waals surface area contributed by atoms with Crippen molar-refractivity contribution < 1.29 is 0 Å². The van der Waals surface area contributed by atoms with Crippen LogP contribution in [0.3, 0.4) is 0 Å². The van der Waals surface area contributed by atoms with Gasteiger partial charge in [0.25, 0.3) is 0 Å². The Hall–Kier alpha value is -0.680. The zero-order chi connectivity index (χ0) is 10.8. The minimum atomic E-state index is 0.572. The normalized spacial score (nSPS) is 28.1. The second kappa shape index (κ2) is 4.45. The highest BCUT2D eigenvalue weighted by atomic mass is 32.1. The molecular weight excluding hydrogens is 208 g/mol. The molecule has 0 spiro atoms. The van der Waals surface area contributed by atoms with Crippen LogP contribution in [0.15, 0.2) is 0 Å². The van der Waals surface area contributed by atoms with Gasteiger partial charge in [-0.3, -0.25) is 4.90 Å². The maximum Gasteiger partial charge on any atom is 0.203 e. The van der Waals surface area contributed by atoms with E-state index in [1.165, 1.54) is 30.6 Å². The molecule has 1 aromatic rings. The summed E-state index contributed by atoms with van der Waals surface area (Å²) < 4.78 is 0. The summed E-state index contributed by atoms with van der Waals surface area (Å²) in [5, 5.41) is 9.54. The average Bonchev–Trinajstić information content (AvgIpc) is 2.58. The maximum atomic E-state index is 5.58. The lowest BCUT2D eigenvalue weighted by atomic mass is 9.98. The van der Waals surface area contributed by atoms with E-state index in [4.69, 9.17) is 5.73 Å². The summed E-state index contributed by atoms with van der Waals surface area (Å²) in [7, 11) is 0. The zero-order valence-electron chi connectivity index (χ0n) is 9.31. The third kappa shape index (κ3) is 2.46. The van der Waals surface area contributed by atoms with Crippen LogP contribution >= 0.6 is 11.3 Å². The number of rotatable bonds is 2. The van der Waals surface area contributed by atoms with Crippen LogP contribution in [0.1, 0.15) is 38.1 Å². The van der Waals surface area contributed by atoms with E-state index in [0.717, 1.165) is 11.6 Å². The molecule has 15 heavy (non-hydrogen) atoms. The Morgan fingerprint density at radius 2 is 2.00 bits per heavy atom. The van der Waals surface area contributed by atoms with Crippen LogP contribution in [0, 0.1) is 0 Å². The van der Waals surface area contributed by atoms with Gasteiger partial charge in [-0.05, 0) is 26.7 Å². The van der Waals surface area contributed by atoms with Gasteiger partial charge in [0.1, 0.15) is 5.01 Å². The summed E-state index contributed by atoms with van der Waals surface area (Å²) in [6.45, 7) is 5.48. The fraction of sp³-hybridized carbons (Fsp3) is 0.800. The molecule has 2 rings (SSSR count). The molecule has 0 bridgehead atoms. The lowest BCUT2D eigenvalue weighted by molar-refractivity contribution is 0.0949. The first kappa shape index (κ1) is 10.8. The van der Waals surface area contributed by atoms with E-state index < -0.39 is 0 Å². The molecule has 1 fully saturated rings. The largest absolute Gasteiger partial charge is 0.374 e. The predicted molar refractivity (Wildman–Crippen MR) is 62.6 cm³/mol. The average molecular weight is 226 g/mol. The van der Waals surface area contributed by atoms with Gasteiger partial charge >= 0.3 is 0 Å². The smallest absolute Gasteiger partial charge is 0.203 e. The molecule has 84 valence electrons. The monoisotopic (exact) mass is 226 g/mol. The maximum absolute atomic E-state index is 5.58. The Labute approximate surface area is 94.5 Å². The van der Waals surface area contributed by atoms with Crippen LogP contribution < -0.4 is 5.73 Å². The Balaban J connectivity index is 2.03. The van der Waals surface area contributed by atoms with Crippen molar-refractivity contribution >= 4 is 16.5 Å². The molecule has 2 unspecified atom stereocenters. The lowest BCUT2D eigenvalue weighted by Gasteiger charge is -2.38. The molecule has 5 heteroatoms. The number of likely N-dealkylation sites (tertiary alicyclic amines) is 1. The molecule has 0 saturated carbocycles. The summed E-state index contributed by atoms with van der Waals surface area (Å²) in [4.78, 5) is 2.50. The molecular formula is C10H18N4S. The number of nitrogen functional groups attached to an aromatic ring is 1. The van der Waals surface area contributed by atoms with Gasteiger partial charge in [-0.15, -0.1) is 10.2 Å². The fourth-order valence-electron chi connectivity index (χ4n) is 2.27. The van der Waals surface area contributed by atoms with E-state index in [0.29, 0.717) is 17.2 Å². The molecule has 0 radical (unpaired) electrons. The highest BCUT2D eigenvalue weighted by molar-refractivity contribution is 7.15. The molecule has 2 atom stereocenters. The van der Waals surface area contributed by atoms with E-state index in [9.17, 15) is 0 Å². The van der Waals surface area contributed by atoms with Crippen LogP contribution in [-0.4, -0.2) is 27.2 Å². The Morgan fingerprint density at radius 3 is 2.53 bits per heavy atom. The first-order valence-corrected chi connectivity index (χ1v) is 6.32. The van der Waals surface area contributed by atoms with Gasteiger partial charge in [-0.1, -0.05) is 17.8 Å². The van der Waals surface area contributed by atoms with Gasteiger partial charge < -0.3 is 5.73 Å². The SMILES string of the molecule is CC1CCCC(C)N1Cc1nnc(N)s1. The van der Waals surface area contributed by atoms with Crippen LogP contribution in [0.4, 0.5) is 5.13 Å². The molecule has 0 aromatic carbocycles. The highest BCUT2D eigenvalue weighted by Gasteiger charge is 2.25. The molecule has 0 aliphatic carbocycles. The molecule has 0 amide bonds. The number of hydrogen-bond acceptors (Lipinski definition) is 5. The number of piperidine rings is 1. The van der Waals surface area contributed by atoms with Gasteiger partial charge in [-0.25, -0.2) is 0 Å². The van der Waals surface area contributed by atoms with E-state index in [1.807, 2.05) is 0 Å². The van der Waals surface area contributed by atoms with Crippen molar-refractivity contribution in [3.05, 3.63) is 5.01 Å². The standard InChI is InChI=1S/C10H18N4S/c1-7-4-3-5-8(2)14(7)6-9-12-13-10(11)15-9/h7-8H,3-6H2,1-2H3,(H2,11,13). The van der Waals surface area contributed by atoms with Gasteiger partial charge in [0.05, 0.1) is 6.54 Å². The van der Waals surface area contributed by atoms with Crippen molar-refractivity contribution in [3.8, 4) is 0 Å². The van der Waals surface area contributed by atoms with E-state index in [2.05, 4.69) is 28.9 Å². The van der Waals surface area contributed by atoms with Gasteiger partial charge in [-0.2, -0.15) is 0 Å². The van der Waals surface area contributed by atoms with E-state index >= 15 is 0 Å². The second-order valence-electron chi connectivity index (χ2n) is 4.34. The van der Waals surface area contributed by atoms with Crippen molar-refractivity contribution in [1.29, 1.82) is 0 Å². The summed E-state index contributed by atoms with van der Waals surface area (Å²) in [5.41, 5.74) is 5.58. The number of anilines is 1. The van der Waals surface area contributed by atoms with Crippen LogP contribution in [0.25, 0.3) is 0 Å². The van der Waals surface area contributed by atoms with Crippen LogP contribution in [-0.2, 0) is 6.54 Å². The Bertz CT molecular complexity index is 315. The van der Waals surface area contributed by atoms with Gasteiger partial charge in [0.15, 0.2) is 0 Å². The third-order valence-electron chi connectivity index (χ3n) is 3.18. The van der Waals surface area contributed by atoms with Gasteiger partial charge in [0.2, 0.25) is 5.13 Å². The molecule has 1 saturated heterocycles. The second-order valence-corrected chi connectivity index (χ2v) is 5.43. The fourth-order valence-corrected chi connectivity index (χ4v) is 2.89. The molecule has 2 heterocycles. The molecule has 4 nitrogen and oxygen atoms in total. The van der Waals surface area contributed by atoms with Gasteiger partial charge in [0, 0.05) is 12.1 Å². The van der Waals surface area contributed by atoms with E-state index in [1.54, 1.807) is 0 Å². The third-order valence-corrected chi connectivity index (χ3v) is 3.91. The van der Waals surface area contributed by atoms with E-state index in [-0.39, 0.29) is 0 Å². The van der Waals surface area contributed by atoms with Crippen molar-refractivity contribution in [2.75, 3.05) is 5.73 Å². The summed E-state index contributed by atoms with van der Waals surface area (Å²) in [6.07, 6.45) is 3.92. The lowest BCUT2D eigenvalue weighted by Crippen LogP contribution is -2.42. The topological polar surface area (TPSA) is 55.0 Å². The molecule has 1 aromatic heterocycles.